The van der Waals surface area contributed by atoms with E-state index in [-0.39, 0.29) is 162 Å². The van der Waals surface area contributed by atoms with Crippen LogP contribution in [0.4, 0.5) is 0 Å². The fraction of sp³-hybridized carbons (Fsp3) is 0.586. The Bertz CT molecular complexity index is 2890. The molecule has 0 saturated heterocycles. The molecule has 0 aromatic heterocycles. The van der Waals surface area contributed by atoms with Crippen LogP contribution in [0, 0.1) is 10.5 Å². The van der Waals surface area contributed by atoms with E-state index in [1.807, 2.05) is 142 Å². The zero-order valence-corrected chi connectivity index (χ0v) is 84.4. The molecule has 0 bridgehead atoms. The van der Waals surface area contributed by atoms with Crippen LogP contribution in [0.25, 0.3) is 0 Å². The van der Waals surface area contributed by atoms with Gasteiger partial charge in [-0.1, -0.05) is 148 Å². The summed E-state index contributed by atoms with van der Waals surface area (Å²) in [7, 11) is -7.24. The minimum atomic E-state index is -1.94. The molecule has 594 valence electrons. The average Bonchev–Trinajstić information content (AvgIpc) is 0.832. The summed E-state index contributed by atoms with van der Waals surface area (Å²) < 4.78 is 76.3. The van der Waals surface area contributed by atoms with Crippen molar-refractivity contribution in [3.8, 4) is 0 Å². The zero-order chi connectivity index (χ0) is 74.4. The molecule has 0 spiro atoms. The number of hydrogen-bond acceptors (Lipinski definition) is 13. The quantitative estimate of drug-likeness (QED) is 0.0135. The number of benzene rings is 4. The number of nitrogens with zero attached hydrogens (tertiary/aromatic N) is 1. The van der Waals surface area contributed by atoms with Crippen LogP contribution in [0.15, 0.2) is 110 Å². The zero-order valence-electron chi connectivity index (χ0n) is 64.0. The Morgan fingerprint density at radius 3 is 1.09 bits per heavy atom. The van der Waals surface area contributed by atoms with Gasteiger partial charge in [-0.3, -0.25) is 21.3 Å². The van der Waals surface area contributed by atoms with Gasteiger partial charge in [0, 0.05) is 18.7 Å². The second-order valence-electron chi connectivity index (χ2n) is 27.3. The number of aliphatic hydroxyl groups is 1. The second-order valence-corrected chi connectivity index (χ2v) is 46.0. The first-order valence-electron chi connectivity index (χ1n) is 31.5. The van der Waals surface area contributed by atoms with Crippen LogP contribution in [0.3, 0.4) is 0 Å². The van der Waals surface area contributed by atoms with Crippen molar-refractivity contribution < 1.29 is 71.5 Å². The van der Waals surface area contributed by atoms with Crippen LogP contribution in [-0.2, 0) is 99.6 Å². The number of aliphatic hydroxyl groups excluding tert-OH is 1. The van der Waals surface area contributed by atoms with Gasteiger partial charge < -0.3 is 33.9 Å². The minimum absolute atomic E-state index is 0. The molecule has 5 N–H and O–H groups in total. The number of carbonyl (C=O) groups is 3. The molecule has 4 aromatic rings. The van der Waals surface area contributed by atoms with Crippen molar-refractivity contribution >= 4 is 223 Å². The van der Waals surface area contributed by atoms with E-state index in [1.54, 1.807) is 27.0 Å². The summed E-state index contributed by atoms with van der Waals surface area (Å²) in [5, 5.41) is 9.13. The number of halogens is 4. The molecule has 0 radical (unpaired) electrons. The van der Waals surface area contributed by atoms with Gasteiger partial charge in [-0.25, -0.2) is 22.1 Å². The standard InChI is InChI=1S/C22H39NO4SSi.C18H32BrNO2SSi.C12H17NO3.C7H15NOS.C6H4BrI.C4H7O2.CH4.BrH.6H2S.Zn/c1-10-26-20(24)15-17-11-13-18(14-12-17)19(23-28(25)21(2,3)4)16-27-29(8,9)22(5,6)7;1-17(2,3)23(21)20-16(14-9-11-15(19)12-10-14)13-22-24(7,8)18(4,5)6;1-2-16-12(15)7-9-3-5-10(6-4-9)11(13)8-14;1-5-6-8-10(9)7(2,3)4;7-5-1-3-6(8)4-2-5;1-3-6-4(2)5;;;;;;;;;/h11-14,19,23H,10,15-16H2,1-9H3;9-12,16,20H,13H2,1-8H3;3-6,11,14H,2,7-8,13H2,1H3;6H,5H2,1-4H3;1-4H;2-3H2,1H3;1H4;1H;6*1H2;/q;;;;;-1;;;;;;;;;+2/p-1/t19-,28+;16-,23+;11-;10-;;;;;;;;;;;/m1110.........../s1. The third-order valence-corrected chi connectivity index (χ3v) is 29.4. The summed E-state index contributed by atoms with van der Waals surface area (Å²) in [6.07, 6.45) is 3.06. The van der Waals surface area contributed by atoms with Crippen LogP contribution in [0.5, 0.6) is 0 Å². The van der Waals surface area contributed by atoms with Crippen LogP contribution >= 0.6 is 149 Å². The van der Waals surface area contributed by atoms with Crippen molar-refractivity contribution in [2.45, 2.75) is 227 Å². The number of esters is 3. The van der Waals surface area contributed by atoms with Gasteiger partial charge in [0.1, 0.15) is 11.0 Å². The van der Waals surface area contributed by atoms with Gasteiger partial charge in [-0.2, -0.15) is 85.4 Å². The molecule has 0 unspecified atom stereocenters. The summed E-state index contributed by atoms with van der Waals surface area (Å²) in [4.78, 5) is 32.6. The van der Waals surface area contributed by atoms with Gasteiger partial charge in [0.25, 0.3) is 0 Å². The summed E-state index contributed by atoms with van der Waals surface area (Å²) in [5.41, 5.74) is 10.4. The molecular weight excluding hydrogens is 1870 g/mol. The van der Waals surface area contributed by atoms with Crippen LogP contribution in [-0.4, -0.2) is 112 Å². The SMILES string of the molecule is Brc1ccc(I)cc1.C.CC(C)(C)[S@](=O)N[C@H](CO[Si](C)(C)C(C)(C)C)c1ccc(Br)cc1.CCC=N[S@@](=O)C(C)(C)C.CCOC(=O)Cc1ccc([C@@H](CO[Si](C)(C)C(C)(C)C)N[S@@](=O)C(C)(C)C)cc1.CCOC(=O)Cc1ccc([C@H](N)CO)cc1.S.S.S.S.S.S.[CH2-]C(=O)OCC.[Zn+][Br]. The van der Waals surface area contributed by atoms with Crippen LogP contribution in [0.1, 0.15) is 191 Å². The van der Waals surface area contributed by atoms with Gasteiger partial charge in [0.05, 0.1) is 107 Å². The molecule has 6 atom stereocenters. The molecule has 102 heavy (non-hydrogen) atoms. The van der Waals surface area contributed by atoms with Crippen molar-refractivity contribution in [1.82, 2.24) is 9.44 Å². The summed E-state index contributed by atoms with van der Waals surface area (Å²) in [6.45, 7) is 52.1. The molecule has 0 saturated carbocycles. The van der Waals surface area contributed by atoms with E-state index in [2.05, 4.69) is 186 Å². The number of nitrogens with two attached hydrogens (primary N) is 1. The Morgan fingerprint density at radius 1 is 0.559 bits per heavy atom. The van der Waals surface area contributed by atoms with E-state index in [9.17, 15) is 27.0 Å². The Hall–Kier alpha value is 0.367. The molecule has 0 fully saturated rings. The summed E-state index contributed by atoms with van der Waals surface area (Å²) in [6, 6.07) is 30.7. The van der Waals surface area contributed by atoms with E-state index in [0.717, 1.165) is 43.2 Å². The summed E-state index contributed by atoms with van der Waals surface area (Å²) in [5.74, 6) is -0.927. The average molecular weight is 2000 g/mol. The third kappa shape index (κ3) is 57.4. The first-order chi connectivity index (χ1) is 43.6. The van der Waals surface area contributed by atoms with Crippen molar-refractivity contribution in [2.24, 2.45) is 10.1 Å². The van der Waals surface area contributed by atoms with Gasteiger partial charge in [0.15, 0.2) is 22.6 Å². The maximum atomic E-state index is 12.7. The molecule has 4 rings (SSSR count). The molecule has 0 aliphatic carbocycles. The molecule has 16 nitrogen and oxygen atoms in total. The Kier molecular flexibility index (Phi) is 76.1. The van der Waals surface area contributed by atoms with E-state index in [1.165, 1.54) is 19.9 Å². The number of hydrogen-bond donors (Lipinski definition) is 4. The number of carbonyl (C=O) groups excluding carboxylic acids is 3. The molecule has 0 amide bonds. The van der Waals surface area contributed by atoms with E-state index in [0.29, 0.717) is 33.0 Å². The normalized spacial score (nSPS) is 12.8. The third-order valence-electron chi connectivity index (χ3n) is 14.0. The van der Waals surface area contributed by atoms with Gasteiger partial charge in [-0.15, -0.1) is 0 Å². The van der Waals surface area contributed by atoms with Gasteiger partial charge >= 0.3 is 41.9 Å². The van der Waals surface area contributed by atoms with Crippen molar-refractivity contribution in [3.05, 3.63) is 144 Å². The van der Waals surface area contributed by atoms with E-state index >= 15 is 0 Å². The topological polar surface area (TPSA) is 231 Å². The molecule has 0 heterocycles. The van der Waals surface area contributed by atoms with Crippen molar-refractivity contribution in [3.63, 3.8) is 0 Å². The maximum absolute atomic E-state index is 12.7. The molecular formula is C70H130Br3IN4O12S9Si2Zn. The monoisotopic (exact) mass is 1990 g/mol. The molecule has 4 aromatic carbocycles. The van der Waals surface area contributed by atoms with Gasteiger partial charge in [-0.05, 0) is 213 Å². The molecule has 0 aliphatic rings. The number of nitrogens with one attached hydrogen (secondary N) is 2. The Balaban J connectivity index is -0.000000131. The fourth-order valence-corrected chi connectivity index (χ4v) is 11.4. The predicted octanol–water partition coefficient (Wildman–Crippen LogP) is 18.8. The van der Waals surface area contributed by atoms with Gasteiger partial charge in [0.2, 0.25) is 0 Å². The van der Waals surface area contributed by atoms with Crippen molar-refractivity contribution in [2.75, 3.05) is 39.6 Å². The number of ether oxygens (including phenoxy) is 3. The first-order valence-corrected chi connectivity index (χ1v) is 50.3. The Labute approximate surface area is 716 Å². The van der Waals surface area contributed by atoms with E-state index in [4.69, 9.17) is 29.2 Å². The second kappa shape index (κ2) is 62.9. The Morgan fingerprint density at radius 2 is 0.853 bits per heavy atom. The van der Waals surface area contributed by atoms with Crippen LogP contribution < -0.4 is 15.2 Å². The number of rotatable bonds is 23. The molecule has 0 aliphatic heterocycles. The van der Waals surface area contributed by atoms with E-state index < -0.39 is 55.6 Å². The van der Waals surface area contributed by atoms with Crippen molar-refractivity contribution in [1.29, 1.82) is 0 Å². The predicted molar refractivity (Wildman–Crippen MR) is 489 cm³/mol. The van der Waals surface area contributed by atoms with Crippen LogP contribution in [0.2, 0.25) is 36.3 Å². The molecule has 32 heteroatoms. The first kappa shape index (κ1) is 123. The summed E-state index contributed by atoms with van der Waals surface area (Å²) >= 11 is 13.3. The fourth-order valence-electron chi connectivity index (χ4n) is 6.22.